The smallest absolute Gasteiger partial charge is 0.365 e. The molecule has 2 aromatic rings. The molecule has 12 heteroatoms. The van der Waals surface area contributed by atoms with Crippen LogP contribution in [0.25, 0.3) is 5.57 Å². The second kappa shape index (κ2) is 8.35. The van der Waals surface area contributed by atoms with Crippen LogP contribution in [-0.2, 0) is 15.8 Å². The van der Waals surface area contributed by atoms with Gasteiger partial charge in [0.15, 0.2) is 5.82 Å². The third kappa shape index (κ3) is 4.60. The molecule has 1 fully saturated rings. The number of carbonyl (C=O) groups excluding carboxylic acids is 2. The summed E-state index contributed by atoms with van der Waals surface area (Å²) in [5.41, 5.74) is 5.58. The molecule has 3 heterocycles. The van der Waals surface area contributed by atoms with Gasteiger partial charge in [-0.1, -0.05) is 0 Å². The minimum Gasteiger partial charge on any atom is -0.365 e. The first kappa shape index (κ1) is 22.5. The number of nitrogens with zero attached hydrogens (tertiary/aromatic N) is 3. The van der Waals surface area contributed by atoms with E-state index in [0.29, 0.717) is 17.1 Å². The summed E-state index contributed by atoms with van der Waals surface area (Å²) in [7, 11) is 1.89. The molecule has 9 nitrogen and oxygen atoms in total. The van der Waals surface area contributed by atoms with Gasteiger partial charge >= 0.3 is 6.18 Å². The Hall–Kier alpha value is -3.67. The van der Waals surface area contributed by atoms with E-state index in [4.69, 9.17) is 5.73 Å². The van der Waals surface area contributed by atoms with Gasteiger partial charge in [-0.25, -0.2) is 9.97 Å². The van der Waals surface area contributed by atoms with Crippen molar-refractivity contribution >= 4 is 34.4 Å². The number of nitrogens with one attached hydrogen (secondary N) is 3. The lowest BCUT2D eigenvalue weighted by molar-refractivity contribution is -0.141. The largest absolute Gasteiger partial charge is 0.433 e. The summed E-state index contributed by atoms with van der Waals surface area (Å²) in [6.45, 7) is 2.22. The highest BCUT2D eigenvalue weighted by Crippen LogP contribution is 2.36. The highest BCUT2D eigenvalue weighted by Gasteiger charge is 2.35. The Labute approximate surface area is 187 Å². The number of likely N-dealkylation sites (tertiary alicyclic amines) is 1. The lowest BCUT2D eigenvalue weighted by Gasteiger charge is -2.18. The number of anilines is 3. The predicted octanol–water partition coefficient (Wildman–Crippen LogP) is 2.53. The van der Waals surface area contributed by atoms with E-state index in [1.807, 2.05) is 11.9 Å². The number of rotatable bonds is 4. The molecule has 0 spiro atoms. The van der Waals surface area contributed by atoms with Crippen LogP contribution < -0.4 is 21.7 Å². The van der Waals surface area contributed by atoms with Crippen molar-refractivity contribution in [2.24, 2.45) is 5.73 Å². The van der Waals surface area contributed by atoms with Gasteiger partial charge in [0.25, 0.3) is 5.91 Å². The Morgan fingerprint density at radius 1 is 1.18 bits per heavy atom. The molecule has 1 aromatic carbocycles. The van der Waals surface area contributed by atoms with Crippen LogP contribution in [0, 0.1) is 6.92 Å². The van der Waals surface area contributed by atoms with Gasteiger partial charge in [-0.05, 0) is 57.6 Å². The predicted molar refractivity (Wildman–Crippen MR) is 116 cm³/mol. The molecule has 0 aliphatic carbocycles. The van der Waals surface area contributed by atoms with E-state index < -0.39 is 23.6 Å². The molecule has 0 radical (unpaired) electrons. The minimum absolute atomic E-state index is 0.0315. The SMILES string of the molecule is Cc1cc(C(F)(F)F)nc(C(C(N)=O)=C2Nc3ccc(NC(=O)C4CCCN4C)cc3N2)n1. The van der Waals surface area contributed by atoms with Crippen molar-refractivity contribution in [1.29, 1.82) is 0 Å². The molecule has 2 amide bonds. The third-order valence-electron chi connectivity index (χ3n) is 5.49. The number of hydrogen-bond donors (Lipinski definition) is 4. The van der Waals surface area contributed by atoms with E-state index in [-0.39, 0.29) is 29.0 Å². The molecule has 33 heavy (non-hydrogen) atoms. The maximum atomic E-state index is 13.2. The van der Waals surface area contributed by atoms with Gasteiger partial charge < -0.3 is 21.7 Å². The van der Waals surface area contributed by atoms with Crippen LogP contribution in [0.2, 0.25) is 0 Å². The van der Waals surface area contributed by atoms with E-state index in [0.717, 1.165) is 25.5 Å². The topological polar surface area (TPSA) is 125 Å². The number of fused-ring (bicyclic) bond motifs is 1. The lowest BCUT2D eigenvalue weighted by Crippen LogP contribution is -2.37. The van der Waals surface area contributed by atoms with Crippen molar-refractivity contribution in [2.45, 2.75) is 32.0 Å². The highest BCUT2D eigenvalue weighted by molar-refractivity contribution is 6.20. The van der Waals surface area contributed by atoms with Crippen molar-refractivity contribution in [2.75, 3.05) is 29.5 Å². The van der Waals surface area contributed by atoms with Crippen LogP contribution in [0.3, 0.4) is 0 Å². The zero-order chi connectivity index (χ0) is 23.9. The van der Waals surface area contributed by atoms with Crippen molar-refractivity contribution in [3.05, 3.63) is 47.3 Å². The minimum atomic E-state index is -4.71. The number of benzene rings is 1. The van der Waals surface area contributed by atoms with Crippen LogP contribution in [0.15, 0.2) is 30.1 Å². The number of aryl methyl sites for hydroxylation is 1. The quantitative estimate of drug-likeness (QED) is 0.516. The van der Waals surface area contributed by atoms with Crippen molar-refractivity contribution in [3.63, 3.8) is 0 Å². The Morgan fingerprint density at radius 3 is 2.55 bits per heavy atom. The number of amides is 2. The summed E-state index contributed by atoms with van der Waals surface area (Å²) in [4.78, 5) is 34.2. The summed E-state index contributed by atoms with van der Waals surface area (Å²) >= 11 is 0. The molecule has 4 rings (SSSR count). The number of hydrogen-bond acceptors (Lipinski definition) is 7. The van der Waals surface area contributed by atoms with E-state index in [1.165, 1.54) is 6.92 Å². The molecule has 1 atom stereocenters. The van der Waals surface area contributed by atoms with Gasteiger partial charge in [-0.2, -0.15) is 13.2 Å². The molecular weight excluding hydrogens is 439 g/mol. The van der Waals surface area contributed by atoms with Gasteiger partial charge in [-0.3, -0.25) is 14.5 Å². The van der Waals surface area contributed by atoms with E-state index >= 15 is 0 Å². The second-order valence-corrected chi connectivity index (χ2v) is 7.97. The number of primary amides is 1. The molecular formula is C21H22F3N7O2. The first-order valence-corrected chi connectivity index (χ1v) is 10.2. The van der Waals surface area contributed by atoms with Crippen molar-refractivity contribution in [3.8, 4) is 0 Å². The normalized spacial score (nSPS) is 19.5. The number of aromatic nitrogens is 2. The van der Waals surface area contributed by atoms with E-state index in [2.05, 4.69) is 25.9 Å². The second-order valence-electron chi connectivity index (χ2n) is 7.97. The van der Waals surface area contributed by atoms with Gasteiger partial charge in [0, 0.05) is 11.4 Å². The van der Waals surface area contributed by atoms with Gasteiger partial charge in [0.05, 0.1) is 17.4 Å². The summed E-state index contributed by atoms with van der Waals surface area (Å²) in [5.74, 6) is -1.53. The Morgan fingerprint density at radius 2 is 1.91 bits per heavy atom. The van der Waals surface area contributed by atoms with Crippen LogP contribution in [0.5, 0.6) is 0 Å². The Bertz CT molecular complexity index is 1160. The standard InChI is InChI=1S/C21H22F3N7O2/c1-10-8-15(21(22,23)24)30-18(26-10)16(17(25)32)19-28-12-6-5-11(9-13(12)29-19)27-20(33)14-4-3-7-31(14)2/h5-6,8-9,14,28-29H,3-4,7H2,1-2H3,(H2,25,32)(H,27,33). The molecule has 2 aliphatic rings. The third-order valence-corrected chi connectivity index (χ3v) is 5.49. The lowest BCUT2D eigenvalue weighted by atomic mass is 10.2. The number of carbonyl (C=O) groups is 2. The van der Waals surface area contributed by atoms with Crippen LogP contribution in [0.4, 0.5) is 30.2 Å². The summed E-state index contributed by atoms with van der Waals surface area (Å²) in [6.07, 6.45) is -2.99. The molecule has 0 saturated carbocycles. The fraction of sp³-hybridized carbons (Fsp3) is 0.333. The number of halogens is 3. The average molecular weight is 461 g/mol. The maximum absolute atomic E-state index is 13.2. The molecule has 174 valence electrons. The number of likely N-dealkylation sites (N-methyl/N-ethyl adjacent to an activating group) is 1. The molecule has 1 saturated heterocycles. The van der Waals surface area contributed by atoms with Gasteiger partial charge in [0.1, 0.15) is 17.1 Å². The summed E-state index contributed by atoms with van der Waals surface area (Å²) < 4.78 is 39.6. The van der Waals surface area contributed by atoms with E-state index in [1.54, 1.807) is 18.2 Å². The van der Waals surface area contributed by atoms with Crippen LogP contribution in [-0.4, -0.2) is 46.3 Å². The van der Waals surface area contributed by atoms with Gasteiger partial charge in [0.2, 0.25) is 5.91 Å². The number of alkyl halides is 3. The summed E-state index contributed by atoms with van der Waals surface area (Å²) in [6, 6.07) is 5.58. The average Bonchev–Trinajstić information content (AvgIpc) is 3.32. The van der Waals surface area contributed by atoms with Crippen LogP contribution >= 0.6 is 0 Å². The summed E-state index contributed by atoms with van der Waals surface area (Å²) in [5, 5.41) is 8.72. The fourth-order valence-corrected chi connectivity index (χ4v) is 3.90. The Balaban J connectivity index is 1.63. The molecule has 1 unspecified atom stereocenters. The fourth-order valence-electron chi connectivity index (χ4n) is 3.90. The molecule has 5 N–H and O–H groups in total. The van der Waals surface area contributed by atoms with Crippen molar-refractivity contribution in [1.82, 2.24) is 14.9 Å². The Kier molecular flexibility index (Phi) is 5.70. The molecule has 0 bridgehead atoms. The first-order valence-electron chi connectivity index (χ1n) is 10.2. The first-order chi connectivity index (χ1) is 15.5. The molecule has 1 aromatic heterocycles. The maximum Gasteiger partial charge on any atom is 0.433 e. The monoisotopic (exact) mass is 461 g/mol. The highest BCUT2D eigenvalue weighted by atomic mass is 19.4. The van der Waals surface area contributed by atoms with Gasteiger partial charge in [-0.15, -0.1) is 0 Å². The zero-order valence-electron chi connectivity index (χ0n) is 17.9. The number of nitrogens with two attached hydrogens (primary N) is 1. The van der Waals surface area contributed by atoms with Crippen LogP contribution in [0.1, 0.15) is 30.1 Å². The van der Waals surface area contributed by atoms with E-state index in [9.17, 15) is 22.8 Å². The molecule has 2 aliphatic heterocycles. The zero-order valence-corrected chi connectivity index (χ0v) is 17.9. The van der Waals surface area contributed by atoms with Crippen molar-refractivity contribution < 1.29 is 22.8 Å².